The van der Waals surface area contributed by atoms with Gasteiger partial charge in [0.25, 0.3) is 5.91 Å². The van der Waals surface area contributed by atoms with Crippen molar-refractivity contribution in [2.45, 2.75) is 6.92 Å². The Hall–Kier alpha value is -2.28. The van der Waals surface area contributed by atoms with E-state index in [0.29, 0.717) is 17.8 Å². The van der Waals surface area contributed by atoms with Crippen molar-refractivity contribution in [3.8, 4) is 0 Å². The van der Waals surface area contributed by atoms with Gasteiger partial charge in [-0.1, -0.05) is 12.1 Å². The Labute approximate surface area is 154 Å². The number of aryl methyl sites for hydroxylation is 1. The van der Waals surface area contributed by atoms with Gasteiger partial charge in [-0.3, -0.25) is 9.59 Å². The number of hydrogen-bond acceptors (Lipinski definition) is 4. The van der Waals surface area contributed by atoms with Crippen molar-refractivity contribution >= 4 is 33.4 Å². The summed E-state index contributed by atoms with van der Waals surface area (Å²) in [6.45, 7) is 4.91. The third-order valence-corrected chi connectivity index (χ3v) is 4.62. The predicted octanol–water partition coefficient (Wildman–Crippen LogP) is 2.43. The third-order valence-electron chi connectivity index (χ3n) is 4.20. The SMILES string of the molecule is Cc1cccc(N2CCN(C(=O)CNC(=O)c3ccc(Br)o3)CC2)c1. The molecule has 2 amide bonds. The first-order chi connectivity index (χ1) is 12.0. The lowest BCUT2D eigenvalue weighted by Gasteiger charge is -2.36. The Kier molecular flexibility index (Phi) is 5.43. The van der Waals surface area contributed by atoms with E-state index in [9.17, 15) is 9.59 Å². The number of hydrogen-bond donors (Lipinski definition) is 1. The summed E-state index contributed by atoms with van der Waals surface area (Å²) in [7, 11) is 0. The Morgan fingerprint density at radius 1 is 1.16 bits per heavy atom. The lowest BCUT2D eigenvalue weighted by atomic mass is 10.2. The minimum atomic E-state index is -0.391. The average molecular weight is 406 g/mol. The van der Waals surface area contributed by atoms with E-state index in [1.165, 1.54) is 11.3 Å². The van der Waals surface area contributed by atoms with Crippen molar-refractivity contribution < 1.29 is 14.0 Å². The van der Waals surface area contributed by atoms with Crippen molar-refractivity contribution in [2.24, 2.45) is 0 Å². The third kappa shape index (κ3) is 4.42. The molecule has 1 fully saturated rings. The largest absolute Gasteiger partial charge is 0.444 e. The summed E-state index contributed by atoms with van der Waals surface area (Å²) in [4.78, 5) is 28.3. The second-order valence-corrected chi connectivity index (χ2v) is 6.77. The van der Waals surface area contributed by atoms with Gasteiger partial charge in [0.1, 0.15) is 0 Å². The fourth-order valence-electron chi connectivity index (χ4n) is 2.83. The molecule has 7 heteroatoms. The lowest BCUT2D eigenvalue weighted by molar-refractivity contribution is -0.130. The van der Waals surface area contributed by atoms with Crippen LogP contribution in [0.4, 0.5) is 5.69 Å². The Bertz CT molecular complexity index is 766. The van der Waals surface area contributed by atoms with Crippen molar-refractivity contribution in [3.05, 3.63) is 52.4 Å². The number of halogens is 1. The summed E-state index contributed by atoms with van der Waals surface area (Å²) in [5.74, 6) is -0.288. The van der Waals surface area contributed by atoms with Crippen LogP contribution in [0.1, 0.15) is 16.1 Å². The molecule has 1 aromatic carbocycles. The fraction of sp³-hybridized carbons (Fsp3) is 0.333. The molecule has 2 heterocycles. The van der Waals surface area contributed by atoms with E-state index < -0.39 is 5.91 Å². The standard InChI is InChI=1S/C18H20BrN3O3/c1-13-3-2-4-14(11-13)21-7-9-22(10-8-21)17(23)12-20-18(24)15-5-6-16(19)25-15/h2-6,11H,7-10,12H2,1H3,(H,20,24). The molecule has 1 aliphatic rings. The summed E-state index contributed by atoms with van der Waals surface area (Å²) in [5, 5.41) is 2.60. The number of piperazine rings is 1. The van der Waals surface area contributed by atoms with E-state index >= 15 is 0 Å². The second kappa shape index (κ2) is 7.74. The molecule has 0 bridgehead atoms. The van der Waals surface area contributed by atoms with Gasteiger partial charge in [-0.05, 0) is 52.7 Å². The monoisotopic (exact) mass is 405 g/mol. The fourth-order valence-corrected chi connectivity index (χ4v) is 3.14. The average Bonchev–Trinajstić information content (AvgIpc) is 3.06. The molecule has 3 rings (SSSR count). The van der Waals surface area contributed by atoms with E-state index in [2.05, 4.69) is 51.3 Å². The molecule has 1 aliphatic heterocycles. The van der Waals surface area contributed by atoms with Crippen LogP contribution in [0, 0.1) is 6.92 Å². The molecule has 1 N–H and O–H groups in total. The Morgan fingerprint density at radius 2 is 1.92 bits per heavy atom. The topological polar surface area (TPSA) is 65.8 Å². The molecule has 0 spiro atoms. The molecule has 2 aromatic rings. The van der Waals surface area contributed by atoms with Crippen LogP contribution >= 0.6 is 15.9 Å². The highest BCUT2D eigenvalue weighted by Crippen LogP contribution is 2.18. The van der Waals surface area contributed by atoms with Crippen LogP contribution < -0.4 is 10.2 Å². The van der Waals surface area contributed by atoms with Crippen molar-refractivity contribution in [2.75, 3.05) is 37.6 Å². The van der Waals surface area contributed by atoms with Gasteiger partial charge in [0.15, 0.2) is 10.4 Å². The van der Waals surface area contributed by atoms with Gasteiger partial charge < -0.3 is 19.5 Å². The molecule has 0 saturated carbocycles. The number of anilines is 1. The van der Waals surface area contributed by atoms with Gasteiger partial charge in [0.05, 0.1) is 6.54 Å². The van der Waals surface area contributed by atoms with Crippen LogP contribution in [0.3, 0.4) is 0 Å². The van der Waals surface area contributed by atoms with Gasteiger partial charge in [-0.15, -0.1) is 0 Å². The highest BCUT2D eigenvalue weighted by atomic mass is 79.9. The molecule has 1 saturated heterocycles. The molecule has 0 unspecified atom stereocenters. The highest BCUT2D eigenvalue weighted by Gasteiger charge is 2.22. The summed E-state index contributed by atoms with van der Waals surface area (Å²) in [5.41, 5.74) is 2.41. The summed E-state index contributed by atoms with van der Waals surface area (Å²) < 4.78 is 5.65. The maximum absolute atomic E-state index is 12.3. The Morgan fingerprint density at radius 3 is 2.56 bits per heavy atom. The lowest BCUT2D eigenvalue weighted by Crippen LogP contribution is -2.51. The van der Waals surface area contributed by atoms with E-state index in [4.69, 9.17) is 4.42 Å². The molecule has 0 aliphatic carbocycles. The first kappa shape index (κ1) is 17.5. The number of rotatable bonds is 4. The molecule has 132 valence electrons. The van der Waals surface area contributed by atoms with E-state index in [1.807, 2.05) is 6.07 Å². The molecule has 1 aromatic heterocycles. The van der Waals surface area contributed by atoms with E-state index in [1.54, 1.807) is 17.0 Å². The zero-order valence-corrected chi connectivity index (χ0v) is 15.6. The van der Waals surface area contributed by atoms with Crippen molar-refractivity contribution in [3.63, 3.8) is 0 Å². The van der Waals surface area contributed by atoms with E-state index in [0.717, 1.165) is 13.1 Å². The van der Waals surface area contributed by atoms with Crippen LogP contribution in [-0.4, -0.2) is 49.4 Å². The quantitative estimate of drug-likeness (QED) is 0.847. The molecule has 0 atom stereocenters. The molecule has 0 radical (unpaired) electrons. The number of carbonyl (C=O) groups excluding carboxylic acids is 2. The minimum Gasteiger partial charge on any atom is -0.444 e. The van der Waals surface area contributed by atoms with Crippen LogP contribution in [0.5, 0.6) is 0 Å². The van der Waals surface area contributed by atoms with Crippen LogP contribution in [-0.2, 0) is 4.79 Å². The molecular weight excluding hydrogens is 386 g/mol. The summed E-state index contributed by atoms with van der Waals surface area (Å²) in [6.07, 6.45) is 0. The Balaban J connectivity index is 1.47. The summed E-state index contributed by atoms with van der Waals surface area (Å²) in [6, 6.07) is 11.6. The van der Waals surface area contributed by atoms with Crippen LogP contribution in [0.2, 0.25) is 0 Å². The zero-order valence-electron chi connectivity index (χ0n) is 14.0. The first-order valence-electron chi connectivity index (χ1n) is 8.16. The second-order valence-electron chi connectivity index (χ2n) is 5.99. The van der Waals surface area contributed by atoms with Gasteiger partial charge in [0.2, 0.25) is 5.91 Å². The predicted molar refractivity (Wildman–Crippen MR) is 98.7 cm³/mol. The maximum atomic E-state index is 12.3. The summed E-state index contributed by atoms with van der Waals surface area (Å²) >= 11 is 3.15. The van der Waals surface area contributed by atoms with Crippen LogP contribution in [0.25, 0.3) is 0 Å². The number of benzene rings is 1. The zero-order chi connectivity index (χ0) is 17.8. The normalized spacial score (nSPS) is 14.5. The van der Waals surface area contributed by atoms with Crippen LogP contribution in [0.15, 0.2) is 45.5 Å². The number of furan rings is 1. The number of amides is 2. The van der Waals surface area contributed by atoms with Crippen molar-refractivity contribution in [1.29, 1.82) is 0 Å². The minimum absolute atomic E-state index is 0.0262. The number of nitrogens with zero attached hydrogens (tertiary/aromatic N) is 2. The molecular formula is C18H20BrN3O3. The van der Waals surface area contributed by atoms with Gasteiger partial charge >= 0.3 is 0 Å². The maximum Gasteiger partial charge on any atom is 0.287 e. The van der Waals surface area contributed by atoms with Gasteiger partial charge in [0, 0.05) is 31.9 Å². The number of nitrogens with one attached hydrogen (secondary N) is 1. The first-order valence-corrected chi connectivity index (χ1v) is 8.95. The molecule has 25 heavy (non-hydrogen) atoms. The van der Waals surface area contributed by atoms with E-state index in [-0.39, 0.29) is 18.2 Å². The molecule has 6 nitrogen and oxygen atoms in total. The van der Waals surface area contributed by atoms with Gasteiger partial charge in [-0.25, -0.2) is 0 Å². The van der Waals surface area contributed by atoms with Gasteiger partial charge in [-0.2, -0.15) is 0 Å². The highest BCUT2D eigenvalue weighted by molar-refractivity contribution is 9.10. The number of carbonyl (C=O) groups is 2. The smallest absolute Gasteiger partial charge is 0.287 e. The van der Waals surface area contributed by atoms with Crippen molar-refractivity contribution in [1.82, 2.24) is 10.2 Å².